The number of benzene rings is 1. The molecular formula is C7H5ClF2O. The van der Waals surface area contributed by atoms with Crippen LogP contribution in [0.15, 0.2) is 12.1 Å². The fourth-order valence-electron chi connectivity index (χ4n) is 0.661. The van der Waals surface area contributed by atoms with Gasteiger partial charge >= 0.3 is 0 Å². The Balaban J connectivity index is 3.21. The molecule has 0 N–H and O–H groups in total. The lowest BCUT2D eigenvalue weighted by atomic mass is 10.3. The van der Waals surface area contributed by atoms with E-state index >= 15 is 0 Å². The Bertz CT molecular complexity index is 275. The molecule has 0 heterocycles. The average Bonchev–Trinajstić information content (AvgIpc) is 1.97. The maximum Gasteiger partial charge on any atom is 0.168 e. The molecule has 0 saturated carbocycles. The van der Waals surface area contributed by atoms with Crippen molar-refractivity contribution >= 4 is 11.6 Å². The monoisotopic (exact) mass is 178 g/mol. The average molecular weight is 179 g/mol. The maximum atomic E-state index is 12.6. The van der Waals surface area contributed by atoms with Gasteiger partial charge in [0.15, 0.2) is 11.6 Å². The van der Waals surface area contributed by atoms with Crippen molar-refractivity contribution in [2.45, 2.75) is 0 Å². The summed E-state index contributed by atoms with van der Waals surface area (Å²) in [6, 6.07) is 1.77. The summed E-state index contributed by atoms with van der Waals surface area (Å²) in [4.78, 5) is 0. The maximum absolute atomic E-state index is 12.6. The van der Waals surface area contributed by atoms with Crippen LogP contribution < -0.4 is 4.74 Å². The van der Waals surface area contributed by atoms with E-state index in [1.807, 2.05) is 0 Å². The van der Waals surface area contributed by atoms with Gasteiger partial charge in [0, 0.05) is 12.1 Å². The molecule has 0 radical (unpaired) electrons. The van der Waals surface area contributed by atoms with Gasteiger partial charge in [-0.2, -0.15) is 0 Å². The van der Waals surface area contributed by atoms with Gasteiger partial charge < -0.3 is 4.74 Å². The predicted octanol–water partition coefficient (Wildman–Crippen LogP) is 2.63. The molecule has 0 bridgehead atoms. The van der Waals surface area contributed by atoms with Crippen molar-refractivity contribution < 1.29 is 13.5 Å². The van der Waals surface area contributed by atoms with E-state index < -0.39 is 11.6 Å². The van der Waals surface area contributed by atoms with Crippen molar-refractivity contribution in [2.75, 3.05) is 7.11 Å². The van der Waals surface area contributed by atoms with E-state index in [1.54, 1.807) is 0 Å². The molecule has 4 heteroatoms. The van der Waals surface area contributed by atoms with Crippen molar-refractivity contribution in [1.82, 2.24) is 0 Å². The van der Waals surface area contributed by atoms with Gasteiger partial charge in [-0.3, -0.25) is 0 Å². The summed E-state index contributed by atoms with van der Waals surface area (Å²) in [5, 5.41) is -0.150. The van der Waals surface area contributed by atoms with E-state index in [-0.39, 0.29) is 10.8 Å². The second-order valence-electron chi connectivity index (χ2n) is 1.90. The SMILES string of the molecule is COc1cc(Cl)c(F)cc1F. The first-order chi connectivity index (χ1) is 5.15. The molecule has 0 aliphatic heterocycles. The highest BCUT2D eigenvalue weighted by atomic mass is 35.5. The molecule has 1 nitrogen and oxygen atoms in total. The lowest BCUT2D eigenvalue weighted by Gasteiger charge is -2.01. The Kier molecular flexibility index (Phi) is 2.29. The Morgan fingerprint density at radius 1 is 1.27 bits per heavy atom. The van der Waals surface area contributed by atoms with Crippen LogP contribution in [-0.2, 0) is 0 Å². The lowest BCUT2D eigenvalue weighted by molar-refractivity contribution is 0.384. The quantitative estimate of drug-likeness (QED) is 0.601. The Hall–Kier alpha value is -0.830. The van der Waals surface area contributed by atoms with Gasteiger partial charge in [-0.05, 0) is 0 Å². The molecule has 0 fully saturated rings. The number of hydrogen-bond acceptors (Lipinski definition) is 1. The first-order valence-corrected chi connectivity index (χ1v) is 3.21. The fraction of sp³-hybridized carbons (Fsp3) is 0.143. The standard InChI is InChI=1S/C7H5ClF2O/c1-11-7-2-4(8)5(9)3-6(7)10/h2-3H,1H3. The van der Waals surface area contributed by atoms with Crippen molar-refractivity contribution in [3.8, 4) is 5.75 Å². The summed E-state index contributed by atoms with van der Waals surface area (Å²) in [6.45, 7) is 0. The summed E-state index contributed by atoms with van der Waals surface area (Å²) >= 11 is 5.34. The third-order valence-corrected chi connectivity index (χ3v) is 1.48. The number of halogens is 3. The lowest BCUT2D eigenvalue weighted by Crippen LogP contribution is -1.89. The number of hydrogen-bond donors (Lipinski definition) is 0. The van der Waals surface area contributed by atoms with Crippen molar-refractivity contribution in [1.29, 1.82) is 0 Å². The third-order valence-electron chi connectivity index (χ3n) is 1.19. The van der Waals surface area contributed by atoms with Crippen molar-refractivity contribution in [3.63, 3.8) is 0 Å². The van der Waals surface area contributed by atoms with Gasteiger partial charge in [-0.1, -0.05) is 11.6 Å². The molecule has 1 rings (SSSR count). The van der Waals surface area contributed by atoms with E-state index in [1.165, 1.54) is 7.11 Å². The van der Waals surface area contributed by atoms with E-state index in [0.29, 0.717) is 6.07 Å². The zero-order chi connectivity index (χ0) is 8.43. The molecule has 0 amide bonds. The Labute approximate surface area is 67.5 Å². The minimum absolute atomic E-state index is 0.0589. The van der Waals surface area contributed by atoms with Crippen LogP contribution in [0.25, 0.3) is 0 Å². The molecule has 1 aromatic carbocycles. The molecule has 0 atom stereocenters. The highest BCUT2D eigenvalue weighted by molar-refractivity contribution is 6.30. The fourth-order valence-corrected chi connectivity index (χ4v) is 0.814. The van der Waals surface area contributed by atoms with Crippen LogP contribution in [-0.4, -0.2) is 7.11 Å². The molecule has 0 aromatic heterocycles. The molecule has 1 aromatic rings. The second-order valence-corrected chi connectivity index (χ2v) is 2.31. The van der Waals surface area contributed by atoms with Crippen LogP contribution >= 0.6 is 11.6 Å². The highest BCUT2D eigenvalue weighted by Crippen LogP contribution is 2.24. The molecule has 0 spiro atoms. The first-order valence-electron chi connectivity index (χ1n) is 2.83. The van der Waals surface area contributed by atoms with Crippen LogP contribution in [0.5, 0.6) is 5.75 Å². The molecule has 60 valence electrons. The molecule has 0 aliphatic carbocycles. The van der Waals surface area contributed by atoms with Crippen LogP contribution in [0.4, 0.5) is 8.78 Å². The van der Waals surface area contributed by atoms with Gasteiger partial charge in [0.1, 0.15) is 5.82 Å². The van der Waals surface area contributed by atoms with Crippen molar-refractivity contribution in [3.05, 3.63) is 28.8 Å². The molecular weight excluding hydrogens is 174 g/mol. The first kappa shape index (κ1) is 8.27. The highest BCUT2D eigenvalue weighted by Gasteiger charge is 2.07. The molecule has 0 aliphatic rings. The molecule has 11 heavy (non-hydrogen) atoms. The third kappa shape index (κ3) is 1.60. The zero-order valence-electron chi connectivity index (χ0n) is 5.70. The van der Waals surface area contributed by atoms with Gasteiger partial charge in [-0.25, -0.2) is 8.78 Å². The Morgan fingerprint density at radius 3 is 2.45 bits per heavy atom. The van der Waals surface area contributed by atoms with Crippen LogP contribution in [0.2, 0.25) is 5.02 Å². The smallest absolute Gasteiger partial charge is 0.168 e. The molecule has 0 saturated heterocycles. The van der Waals surface area contributed by atoms with Crippen LogP contribution in [0, 0.1) is 11.6 Å². The van der Waals surface area contributed by atoms with E-state index in [4.69, 9.17) is 11.6 Å². The summed E-state index contributed by atoms with van der Waals surface area (Å²) < 4.78 is 29.6. The van der Waals surface area contributed by atoms with Gasteiger partial charge in [0.2, 0.25) is 0 Å². The van der Waals surface area contributed by atoms with E-state index in [0.717, 1.165) is 6.07 Å². The van der Waals surface area contributed by atoms with Crippen molar-refractivity contribution in [2.24, 2.45) is 0 Å². The zero-order valence-corrected chi connectivity index (χ0v) is 6.45. The number of ether oxygens (including phenoxy) is 1. The topological polar surface area (TPSA) is 9.23 Å². The normalized spacial score (nSPS) is 9.82. The largest absolute Gasteiger partial charge is 0.494 e. The molecule has 0 unspecified atom stereocenters. The minimum atomic E-state index is -0.787. The summed E-state index contributed by atoms with van der Waals surface area (Å²) in [6.07, 6.45) is 0. The van der Waals surface area contributed by atoms with E-state index in [2.05, 4.69) is 4.74 Å². The summed E-state index contributed by atoms with van der Waals surface area (Å²) in [7, 11) is 1.28. The van der Waals surface area contributed by atoms with Gasteiger partial charge in [0.25, 0.3) is 0 Å². The summed E-state index contributed by atoms with van der Waals surface area (Å²) in [5.41, 5.74) is 0. The van der Waals surface area contributed by atoms with Gasteiger partial charge in [-0.15, -0.1) is 0 Å². The number of methoxy groups -OCH3 is 1. The second kappa shape index (κ2) is 3.05. The van der Waals surface area contributed by atoms with Crippen LogP contribution in [0.3, 0.4) is 0 Å². The number of rotatable bonds is 1. The Morgan fingerprint density at radius 2 is 1.91 bits per heavy atom. The predicted molar refractivity (Wildman–Crippen MR) is 37.9 cm³/mol. The minimum Gasteiger partial charge on any atom is -0.494 e. The van der Waals surface area contributed by atoms with Gasteiger partial charge in [0.05, 0.1) is 12.1 Å². The van der Waals surface area contributed by atoms with Crippen LogP contribution in [0.1, 0.15) is 0 Å². The summed E-state index contributed by atoms with van der Waals surface area (Å²) in [5.74, 6) is -1.60. The van der Waals surface area contributed by atoms with E-state index in [9.17, 15) is 8.78 Å².